The van der Waals surface area contributed by atoms with E-state index in [1.165, 1.54) is 0 Å². The lowest BCUT2D eigenvalue weighted by Gasteiger charge is -2.13. The van der Waals surface area contributed by atoms with Gasteiger partial charge < -0.3 is 20.7 Å². The molecule has 9 heteroatoms. The largest absolute Gasteiger partial charge is 0.376 e. The molecule has 4 N–H and O–H groups in total. The summed E-state index contributed by atoms with van der Waals surface area (Å²) in [5, 5.41) is 16.2. The van der Waals surface area contributed by atoms with Crippen molar-refractivity contribution in [2.24, 2.45) is 0 Å². The Balaban J connectivity index is 0.00000240. The highest BCUT2D eigenvalue weighted by Gasteiger charge is 2.21. The van der Waals surface area contributed by atoms with Crippen LogP contribution in [0.3, 0.4) is 0 Å². The highest BCUT2D eigenvalue weighted by molar-refractivity contribution is 5.95. The van der Waals surface area contributed by atoms with Crippen molar-refractivity contribution in [1.82, 2.24) is 26.1 Å². The number of halogens is 1. The number of carbonyl (C=O) groups excluding carboxylic acids is 2. The zero-order chi connectivity index (χ0) is 19.3. The summed E-state index contributed by atoms with van der Waals surface area (Å²) in [5.41, 5.74) is 3.83. The first-order valence-electron chi connectivity index (χ1n) is 9.74. The van der Waals surface area contributed by atoms with Crippen LogP contribution in [0, 0.1) is 0 Å². The van der Waals surface area contributed by atoms with E-state index in [1.807, 2.05) is 12.1 Å². The predicted octanol–water partition coefficient (Wildman–Crippen LogP) is 1.32. The zero-order valence-electron chi connectivity index (χ0n) is 16.1. The summed E-state index contributed by atoms with van der Waals surface area (Å²) in [6.07, 6.45) is 2.99. The number of aromatic amines is 1. The predicted molar refractivity (Wildman–Crippen MR) is 110 cm³/mol. The van der Waals surface area contributed by atoms with Crippen molar-refractivity contribution in [3.8, 4) is 0 Å². The molecule has 0 aliphatic carbocycles. The maximum Gasteiger partial charge on any atom is 0.272 e. The zero-order valence-corrected chi connectivity index (χ0v) is 16.9. The molecule has 1 atom stereocenters. The molecular weight excluding hydrogens is 394 g/mol. The third kappa shape index (κ3) is 5.14. The van der Waals surface area contributed by atoms with Gasteiger partial charge in [-0.05, 0) is 30.5 Å². The van der Waals surface area contributed by atoms with Crippen LogP contribution < -0.4 is 16.0 Å². The van der Waals surface area contributed by atoms with Crippen molar-refractivity contribution in [3.63, 3.8) is 0 Å². The van der Waals surface area contributed by atoms with Gasteiger partial charge >= 0.3 is 0 Å². The number of aromatic nitrogens is 2. The minimum atomic E-state index is -0.213. The summed E-state index contributed by atoms with van der Waals surface area (Å²) in [4.78, 5) is 24.9. The van der Waals surface area contributed by atoms with Gasteiger partial charge in [-0.15, -0.1) is 12.4 Å². The third-order valence-corrected chi connectivity index (χ3v) is 5.18. The number of H-pyrrole nitrogens is 1. The number of benzene rings is 1. The van der Waals surface area contributed by atoms with E-state index in [2.05, 4.69) is 26.1 Å². The number of hydrogen-bond acceptors (Lipinski definition) is 5. The Bertz CT molecular complexity index is 864. The summed E-state index contributed by atoms with van der Waals surface area (Å²) in [7, 11) is 0. The standard InChI is InChI=1S/C20H25N5O3.ClH/c26-19(23-11-15-5-2-8-28-15)14-4-1-3-13(9-14)10-22-20(27)18-16-12-21-7-6-17(16)24-25-18;/h1,3-4,9,15,21H,2,5-8,10-12H2,(H,22,27)(H,23,26)(H,24,25);1H. The van der Waals surface area contributed by atoms with Crippen molar-refractivity contribution < 1.29 is 14.3 Å². The van der Waals surface area contributed by atoms with Crippen LogP contribution >= 0.6 is 12.4 Å². The van der Waals surface area contributed by atoms with Crippen LogP contribution in [0.1, 0.15) is 50.5 Å². The molecular formula is C20H26ClN5O3. The van der Waals surface area contributed by atoms with Crippen LogP contribution in [0.5, 0.6) is 0 Å². The Kier molecular flexibility index (Phi) is 7.24. The Morgan fingerprint density at radius 3 is 2.97 bits per heavy atom. The fourth-order valence-corrected chi connectivity index (χ4v) is 3.62. The van der Waals surface area contributed by atoms with E-state index in [0.717, 1.165) is 49.2 Å². The van der Waals surface area contributed by atoms with Crippen molar-refractivity contribution in [2.75, 3.05) is 19.7 Å². The molecule has 1 fully saturated rings. The maximum atomic E-state index is 12.5. The number of hydrogen-bond donors (Lipinski definition) is 4. The van der Waals surface area contributed by atoms with Crippen molar-refractivity contribution >= 4 is 24.2 Å². The van der Waals surface area contributed by atoms with E-state index in [-0.39, 0.29) is 30.3 Å². The minimum Gasteiger partial charge on any atom is -0.376 e. The monoisotopic (exact) mass is 419 g/mol. The maximum absolute atomic E-state index is 12.5. The minimum absolute atomic E-state index is 0. The first-order valence-corrected chi connectivity index (χ1v) is 9.74. The van der Waals surface area contributed by atoms with Gasteiger partial charge in [0.15, 0.2) is 5.69 Å². The molecule has 1 unspecified atom stereocenters. The van der Waals surface area contributed by atoms with Gasteiger partial charge in [-0.1, -0.05) is 12.1 Å². The normalized spacial score (nSPS) is 17.9. The lowest BCUT2D eigenvalue weighted by molar-refractivity contribution is 0.0857. The van der Waals surface area contributed by atoms with Crippen LogP contribution in [-0.2, 0) is 24.2 Å². The number of amides is 2. The SMILES string of the molecule is Cl.O=C(NCC1CCCO1)c1cccc(CNC(=O)c2n[nH]c3c2CNCC3)c1. The molecule has 8 nitrogen and oxygen atoms in total. The van der Waals surface area contributed by atoms with Crippen LogP contribution in [0.25, 0.3) is 0 Å². The summed E-state index contributed by atoms with van der Waals surface area (Å²) in [6, 6.07) is 7.28. The number of nitrogens with one attached hydrogen (secondary N) is 4. The smallest absolute Gasteiger partial charge is 0.272 e. The van der Waals surface area contributed by atoms with E-state index < -0.39 is 0 Å². The Morgan fingerprint density at radius 1 is 1.24 bits per heavy atom. The molecule has 0 radical (unpaired) electrons. The molecule has 2 aromatic rings. The lowest BCUT2D eigenvalue weighted by atomic mass is 10.1. The molecule has 2 amide bonds. The second-order valence-corrected chi connectivity index (χ2v) is 7.18. The lowest BCUT2D eigenvalue weighted by Crippen LogP contribution is -2.32. The molecule has 0 saturated carbocycles. The van der Waals surface area contributed by atoms with Crippen LogP contribution in [0.15, 0.2) is 24.3 Å². The summed E-state index contributed by atoms with van der Waals surface area (Å²) < 4.78 is 5.53. The van der Waals surface area contributed by atoms with Crippen molar-refractivity contribution in [1.29, 1.82) is 0 Å². The first kappa shape index (κ1) is 21.3. The second kappa shape index (κ2) is 9.87. The summed E-state index contributed by atoms with van der Waals surface area (Å²) in [6.45, 7) is 3.16. The van der Waals surface area contributed by atoms with Crippen LogP contribution in [0.4, 0.5) is 0 Å². The molecule has 1 saturated heterocycles. The van der Waals surface area contributed by atoms with E-state index in [1.54, 1.807) is 12.1 Å². The number of rotatable bonds is 6. The quantitative estimate of drug-likeness (QED) is 0.564. The topological polar surface area (TPSA) is 108 Å². The molecule has 0 bridgehead atoms. The molecule has 1 aromatic heterocycles. The van der Waals surface area contributed by atoms with E-state index in [4.69, 9.17) is 4.74 Å². The van der Waals surface area contributed by atoms with E-state index in [0.29, 0.717) is 30.9 Å². The number of fused-ring (bicyclic) bond motifs is 1. The average Bonchev–Trinajstić information content (AvgIpc) is 3.40. The molecule has 3 heterocycles. The first-order chi connectivity index (χ1) is 13.7. The fraction of sp³-hybridized carbons (Fsp3) is 0.450. The molecule has 2 aliphatic heterocycles. The Morgan fingerprint density at radius 2 is 2.14 bits per heavy atom. The molecule has 1 aromatic carbocycles. The van der Waals surface area contributed by atoms with Gasteiger partial charge in [0.1, 0.15) is 0 Å². The number of nitrogens with zero attached hydrogens (tertiary/aromatic N) is 1. The third-order valence-electron chi connectivity index (χ3n) is 5.18. The Hall–Kier alpha value is -2.42. The number of ether oxygens (including phenoxy) is 1. The molecule has 156 valence electrons. The fourth-order valence-electron chi connectivity index (χ4n) is 3.62. The van der Waals surface area contributed by atoms with Gasteiger partial charge in [0.05, 0.1) is 6.10 Å². The van der Waals surface area contributed by atoms with Gasteiger partial charge in [-0.25, -0.2) is 0 Å². The van der Waals surface area contributed by atoms with Gasteiger partial charge in [-0.2, -0.15) is 5.10 Å². The molecule has 2 aliphatic rings. The van der Waals surface area contributed by atoms with Crippen molar-refractivity contribution in [2.45, 2.75) is 38.5 Å². The van der Waals surface area contributed by atoms with Crippen LogP contribution in [0.2, 0.25) is 0 Å². The van der Waals surface area contributed by atoms with Crippen molar-refractivity contribution in [3.05, 3.63) is 52.3 Å². The summed E-state index contributed by atoms with van der Waals surface area (Å²) in [5.74, 6) is -0.342. The number of carbonyl (C=O) groups is 2. The molecule has 4 rings (SSSR count). The van der Waals surface area contributed by atoms with E-state index in [9.17, 15) is 9.59 Å². The second-order valence-electron chi connectivity index (χ2n) is 7.18. The molecule has 29 heavy (non-hydrogen) atoms. The van der Waals surface area contributed by atoms with Crippen LogP contribution in [-0.4, -0.2) is 47.8 Å². The van der Waals surface area contributed by atoms with E-state index >= 15 is 0 Å². The van der Waals surface area contributed by atoms with Gasteiger partial charge in [-0.3, -0.25) is 14.7 Å². The highest BCUT2D eigenvalue weighted by Crippen LogP contribution is 2.15. The highest BCUT2D eigenvalue weighted by atomic mass is 35.5. The van der Waals surface area contributed by atoms with Gasteiger partial charge in [0.25, 0.3) is 11.8 Å². The Labute approximate surface area is 175 Å². The molecule has 0 spiro atoms. The van der Waals surface area contributed by atoms with Gasteiger partial charge in [0, 0.05) is 56.0 Å². The average molecular weight is 420 g/mol. The summed E-state index contributed by atoms with van der Waals surface area (Å²) >= 11 is 0. The van der Waals surface area contributed by atoms with Gasteiger partial charge in [0.2, 0.25) is 0 Å².